The summed E-state index contributed by atoms with van der Waals surface area (Å²) in [6.45, 7) is 7.02. The molecule has 1 aliphatic carbocycles. The number of ether oxygens (including phenoxy) is 3. The molecule has 0 saturated heterocycles. The highest BCUT2D eigenvalue weighted by molar-refractivity contribution is 5.93. The van der Waals surface area contributed by atoms with E-state index in [0.29, 0.717) is 48.0 Å². The predicted octanol–water partition coefficient (Wildman–Crippen LogP) is 3.34. The Labute approximate surface area is 180 Å². The van der Waals surface area contributed by atoms with Gasteiger partial charge in [0.05, 0.1) is 19.4 Å². The normalized spacial score (nSPS) is 17.2. The van der Waals surface area contributed by atoms with E-state index in [1.165, 1.54) is 7.11 Å². The third-order valence-corrected chi connectivity index (χ3v) is 6.22. The number of nitrogens with one attached hydrogen (secondary N) is 1. The lowest BCUT2D eigenvalue weighted by Crippen LogP contribution is -2.37. The van der Waals surface area contributed by atoms with Gasteiger partial charge in [0.1, 0.15) is 5.75 Å². The van der Waals surface area contributed by atoms with E-state index in [1.807, 2.05) is 26.8 Å². The Morgan fingerprint density at radius 1 is 1.23 bits per heavy atom. The summed E-state index contributed by atoms with van der Waals surface area (Å²) in [6, 6.07) is 3.65. The molecule has 8 heteroatoms. The highest BCUT2D eigenvalue weighted by Crippen LogP contribution is 2.51. The minimum atomic E-state index is -1.46. The van der Waals surface area contributed by atoms with Gasteiger partial charge in [-0.1, -0.05) is 20.8 Å². The highest BCUT2D eigenvalue weighted by atomic mass is 16.5. The van der Waals surface area contributed by atoms with E-state index in [-0.39, 0.29) is 5.92 Å². The summed E-state index contributed by atoms with van der Waals surface area (Å²) < 4.78 is 16.5. The Hall–Kier alpha value is -3.00. The average Bonchev–Trinajstić information content (AvgIpc) is 2.70. The summed E-state index contributed by atoms with van der Waals surface area (Å²) in [4.78, 5) is 26.8. The summed E-state index contributed by atoms with van der Waals surface area (Å²) in [6.07, 6.45) is 1.26. The van der Waals surface area contributed by atoms with Crippen LogP contribution >= 0.6 is 0 Å². The molecule has 1 heterocycles. The standard InChI is InChI=1S/C23H29NO7/c1-12(2)23(3)11-13-9-16(31-8-6-7-29-4)15(30-5)10-14(13)19-18(23)20(25)17(22(27)28)21(26)24-19/h9-10,12H,6-8,11H2,1-5H3,(H,27,28)(H2,24,25,26). The van der Waals surface area contributed by atoms with Gasteiger partial charge in [0.2, 0.25) is 0 Å². The molecular weight excluding hydrogens is 402 g/mol. The van der Waals surface area contributed by atoms with Crippen LogP contribution in [-0.4, -0.2) is 48.6 Å². The number of pyridine rings is 1. The first-order valence-corrected chi connectivity index (χ1v) is 10.2. The average molecular weight is 431 g/mol. The molecule has 0 aliphatic heterocycles. The molecule has 1 unspecified atom stereocenters. The van der Waals surface area contributed by atoms with Crippen molar-refractivity contribution < 1.29 is 29.2 Å². The van der Waals surface area contributed by atoms with Crippen molar-refractivity contribution in [2.75, 3.05) is 27.4 Å². The second kappa shape index (κ2) is 8.63. The van der Waals surface area contributed by atoms with E-state index in [4.69, 9.17) is 14.2 Å². The van der Waals surface area contributed by atoms with Crippen LogP contribution in [0, 0.1) is 5.92 Å². The largest absolute Gasteiger partial charge is 0.506 e. The molecular formula is C23H29NO7. The van der Waals surface area contributed by atoms with Crippen molar-refractivity contribution in [2.45, 2.75) is 39.0 Å². The van der Waals surface area contributed by atoms with Gasteiger partial charge in [-0.3, -0.25) is 4.79 Å². The fourth-order valence-corrected chi connectivity index (χ4v) is 4.16. The number of carboxylic acid groups (broad SMARTS) is 1. The van der Waals surface area contributed by atoms with Gasteiger partial charge in [0.15, 0.2) is 17.1 Å². The molecule has 3 rings (SSSR count). The van der Waals surface area contributed by atoms with E-state index >= 15 is 0 Å². The number of hydrogen-bond acceptors (Lipinski definition) is 6. The Bertz CT molecular complexity index is 1060. The van der Waals surface area contributed by atoms with Crippen LogP contribution in [0.5, 0.6) is 17.2 Å². The Balaban J connectivity index is 2.23. The molecule has 3 N–H and O–H groups in total. The SMILES string of the molecule is COCCCOc1cc2c(cc1OC)-c1[nH]c(=O)c(C(=O)O)c(O)c1C(C)(C(C)C)C2. The Morgan fingerprint density at radius 3 is 2.52 bits per heavy atom. The maximum Gasteiger partial charge on any atom is 0.345 e. The maximum absolute atomic E-state index is 12.5. The van der Waals surface area contributed by atoms with Crippen LogP contribution in [0.3, 0.4) is 0 Å². The van der Waals surface area contributed by atoms with Gasteiger partial charge in [-0.25, -0.2) is 4.79 Å². The minimum absolute atomic E-state index is 0.0472. The van der Waals surface area contributed by atoms with Gasteiger partial charge in [0, 0.05) is 36.7 Å². The van der Waals surface area contributed by atoms with Gasteiger partial charge in [-0.2, -0.15) is 0 Å². The number of aromatic amines is 1. The summed E-state index contributed by atoms with van der Waals surface area (Å²) in [7, 11) is 3.16. The maximum atomic E-state index is 12.5. The van der Waals surface area contributed by atoms with Crippen LogP contribution in [-0.2, 0) is 16.6 Å². The van der Waals surface area contributed by atoms with E-state index < -0.39 is 28.3 Å². The van der Waals surface area contributed by atoms with Crippen molar-refractivity contribution in [1.82, 2.24) is 4.98 Å². The quantitative estimate of drug-likeness (QED) is 0.549. The van der Waals surface area contributed by atoms with Crippen LogP contribution in [0.15, 0.2) is 16.9 Å². The van der Waals surface area contributed by atoms with Crippen LogP contribution in [0.25, 0.3) is 11.3 Å². The zero-order chi connectivity index (χ0) is 22.9. The molecule has 31 heavy (non-hydrogen) atoms. The second-order valence-corrected chi connectivity index (χ2v) is 8.34. The van der Waals surface area contributed by atoms with Crippen LogP contribution in [0.1, 0.15) is 48.7 Å². The summed E-state index contributed by atoms with van der Waals surface area (Å²) in [5.74, 6) is -0.827. The fraction of sp³-hybridized carbons (Fsp3) is 0.478. The Morgan fingerprint density at radius 2 is 1.94 bits per heavy atom. The second-order valence-electron chi connectivity index (χ2n) is 8.34. The van der Waals surface area contributed by atoms with E-state index in [2.05, 4.69) is 4.98 Å². The van der Waals surface area contributed by atoms with Gasteiger partial charge in [-0.05, 0) is 30.0 Å². The molecule has 1 atom stereocenters. The van der Waals surface area contributed by atoms with Crippen molar-refractivity contribution in [3.05, 3.63) is 39.2 Å². The number of rotatable bonds is 8. The minimum Gasteiger partial charge on any atom is -0.506 e. The number of carboxylic acids is 1. The summed E-state index contributed by atoms with van der Waals surface area (Å²) >= 11 is 0. The van der Waals surface area contributed by atoms with Crippen molar-refractivity contribution in [2.24, 2.45) is 5.92 Å². The molecule has 2 aromatic rings. The van der Waals surface area contributed by atoms with Crippen molar-refractivity contribution in [3.63, 3.8) is 0 Å². The topological polar surface area (TPSA) is 118 Å². The first-order chi connectivity index (χ1) is 14.7. The third kappa shape index (κ3) is 3.87. The fourth-order valence-electron chi connectivity index (χ4n) is 4.16. The van der Waals surface area contributed by atoms with Crippen molar-refractivity contribution in [3.8, 4) is 28.5 Å². The smallest absolute Gasteiger partial charge is 0.345 e. The molecule has 1 aliphatic rings. The van der Waals surface area contributed by atoms with E-state index in [9.17, 15) is 19.8 Å². The van der Waals surface area contributed by atoms with Gasteiger partial charge in [-0.15, -0.1) is 0 Å². The van der Waals surface area contributed by atoms with Crippen LogP contribution < -0.4 is 15.0 Å². The molecule has 1 aromatic heterocycles. The number of benzene rings is 1. The molecule has 0 spiro atoms. The van der Waals surface area contributed by atoms with Crippen molar-refractivity contribution >= 4 is 5.97 Å². The molecule has 1 aromatic carbocycles. The van der Waals surface area contributed by atoms with Crippen molar-refractivity contribution in [1.29, 1.82) is 0 Å². The summed E-state index contributed by atoms with van der Waals surface area (Å²) in [5, 5.41) is 20.3. The number of methoxy groups -OCH3 is 2. The molecule has 0 bridgehead atoms. The van der Waals surface area contributed by atoms with Gasteiger partial charge in [0.25, 0.3) is 5.56 Å². The first-order valence-electron chi connectivity index (χ1n) is 10.2. The molecule has 0 fully saturated rings. The van der Waals surface area contributed by atoms with Gasteiger partial charge >= 0.3 is 5.97 Å². The molecule has 8 nitrogen and oxygen atoms in total. The molecule has 0 radical (unpaired) electrons. The molecule has 168 valence electrons. The third-order valence-electron chi connectivity index (χ3n) is 6.22. The number of carbonyl (C=O) groups is 1. The zero-order valence-electron chi connectivity index (χ0n) is 18.5. The number of fused-ring (bicyclic) bond motifs is 3. The Kier molecular flexibility index (Phi) is 6.31. The number of aromatic hydroxyl groups is 1. The lowest BCUT2D eigenvalue weighted by molar-refractivity contribution is 0.0691. The lowest BCUT2D eigenvalue weighted by atomic mass is 9.64. The molecule has 0 saturated carbocycles. The van der Waals surface area contributed by atoms with E-state index in [1.54, 1.807) is 13.2 Å². The number of aromatic carboxylic acids is 1. The number of hydrogen-bond donors (Lipinski definition) is 3. The zero-order valence-corrected chi connectivity index (χ0v) is 18.5. The highest BCUT2D eigenvalue weighted by Gasteiger charge is 2.42. The van der Waals surface area contributed by atoms with E-state index in [0.717, 1.165) is 12.0 Å². The van der Waals surface area contributed by atoms with Crippen LogP contribution in [0.2, 0.25) is 0 Å². The lowest BCUT2D eigenvalue weighted by Gasteiger charge is -2.40. The first kappa shape index (κ1) is 22.7. The van der Waals surface area contributed by atoms with Gasteiger partial charge < -0.3 is 29.4 Å². The number of aromatic nitrogens is 1. The molecule has 0 amide bonds. The predicted molar refractivity (Wildman–Crippen MR) is 116 cm³/mol. The van der Waals surface area contributed by atoms with Crippen LogP contribution in [0.4, 0.5) is 0 Å². The summed E-state index contributed by atoms with van der Waals surface area (Å²) in [5.41, 5.74) is 0.351. The number of H-pyrrole nitrogens is 1. The monoisotopic (exact) mass is 431 g/mol.